The molecule has 1 atom stereocenters. The monoisotopic (exact) mass is 300 g/mol. The van der Waals surface area contributed by atoms with E-state index in [1.165, 1.54) is 19.3 Å². The highest BCUT2D eigenvalue weighted by molar-refractivity contribution is 9.10. The number of halogens is 1. The highest BCUT2D eigenvalue weighted by atomic mass is 79.9. The van der Waals surface area contributed by atoms with Crippen LogP contribution in [0.5, 0.6) is 5.75 Å². The van der Waals surface area contributed by atoms with Crippen LogP contribution in [-0.4, -0.2) is 7.11 Å². The zero-order chi connectivity index (χ0) is 12.7. The standard InChI is InChI=1S/C13H21BrN2O/c1-3-4-5-6-12(16-15)11-8-7-10(14)9-13(11)17-2/h7-9,12,16H,3-6,15H2,1-2H3. The van der Waals surface area contributed by atoms with Gasteiger partial charge in [0, 0.05) is 16.1 Å². The van der Waals surface area contributed by atoms with Crippen LogP contribution < -0.4 is 16.0 Å². The van der Waals surface area contributed by atoms with Gasteiger partial charge in [0.2, 0.25) is 0 Å². The summed E-state index contributed by atoms with van der Waals surface area (Å²) in [5, 5.41) is 0. The van der Waals surface area contributed by atoms with Crippen molar-refractivity contribution in [2.45, 2.75) is 38.6 Å². The number of methoxy groups -OCH3 is 1. The molecule has 96 valence electrons. The van der Waals surface area contributed by atoms with Gasteiger partial charge in [-0.05, 0) is 18.6 Å². The van der Waals surface area contributed by atoms with Gasteiger partial charge >= 0.3 is 0 Å². The Hall–Kier alpha value is -0.580. The third-order valence-electron chi connectivity index (χ3n) is 2.87. The number of nitrogens with two attached hydrogens (primary N) is 1. The number of ether oxygens (including phenoxy) is 1. The SMILES string of the molecule is CCCCCC(NN)c1ccc(Br)cc1OC. The highest BCUT2D eigenvalue weighted by Gasteiger charge is 2.14. The predicted molar refractivity (Wildman–Crippen MR) is 74.9 cm³/mol. The van der Waals surface area contributed by atoms with Crippen LogP contribution >= 0.6 is 15.9 Å². The molecule has 0 aliphatic rings. The third-order valence-corrected chi connectivity index (χ3v) is 3.36. The van der Waals surface area contributed by atoms with Crippen molar-refractivity contribution < 1.29 is 4.74 Å². The Bertz CT molecular complexity index is 344. The second-order valence-electron chi connectivity index (χ2n) is 4.10. The molecule has 1 aromatic rings. The molecule has 0 aliphatic carbocycles. The van der Waals surface area contributed by atoms with E-state index in [1.807, 2.05) is 12.1 Å². The Morgan fingerprint density at radius 2 is 2.18 bits per heavy atom. The molecular formula is C13H21BrN2O. The van der Waals surface area contributed by atoms with Gasteiger partial charge in [0.25, 0.3) is 0 Å². The minimum absolute atomic E-state index is 0.157. The topological polar surface area (TPSA) is 47.3 Å². The van der Waals surface area contributed by atoms with Gasteiger partial charge in [0.1, 0.15) is 5.75 Å². The molecule has 0 fully saturated rings. The summed E-state index contributed by atoms with van der Waals surface area (Å²) in [6.07, 6.45) is 4.65. The molecule has 0 saturated heterocycles. The molecular weight excluding hydrogens is 280 g/mol. The zero-order valence-electron chi connectivity index (χ0n) is 10.5. The van der Waals surface area contributed by atoms with Gasteiger partial charge in [0.15, 0.2) is 0 Å². The van der Waals surface area contributed by atoms with Crippen molar-refractivity contribution in [3.63, 3.8) is 0 Å². The van der Waals surface area contributed by atoms with Crippen molar-refractivity contribution in [1.29, 1.82) is 0 Å². The number of rotatable bonds is 7. The summed E-state index contributed by atoms with van der Waals surface area (Å²) < 4.78 is 6.41. The van der Waals surface area contributed by atoms with Crippen molar-refractivity contribution in [1.82, 2.24) is 5.43 Å². The molecule has 0 bridgehead atoms. The van der Waals surface area contributed by atoms with Crippen LogP contribution in [0.3, 0.4) is 0 Å². The predicted octanol–water partition coefficient (Wildman–Crippen LogP) is 3.54. The van der Waals surface area contributed by atoms with Crippen LogP contribution in [0.25, 0.3) is 0 Å². The van der Waals surface area contributed by atoms with Gasteiger partial charge in [-0.3, -0.25) is 11.3 Å². The maximum atomic E-state index is 5.63. The molecule has 0 radical (unpaired) electrons. The first-order valence-corrected chi connectivity index (χ1v) is 6.81. The molecule has 0 saturated carbocycles. The van der Waals surface area contributed by atoms with E-state index >= 15 is 0 Å². The third kappa shape index (κ3) is 4.30. The van der Waals surface area contributed by atoms with Crippen LogP contribution in [0.4, 0.5) is 0 Å². The fourth-order valence-electron chi connectivity index (χ4n) is 1.90. The van der Waals surface area contributed by atoms with Gasteiger partial charge < -0.3 is 4.74 Å². The summed E-state index contributed by atoms with van der Waals surface area (Å²) in [6, 6.07) is 6.20. The second kappa shape index (κ2) is 7.69. The van der Waals surface area contributed by atoms with Crippen molar-refractivity contribution >= 4 is 15.9 Å². The van der Waals surface area contributed by atoms with E-state index in [0.29, 0.717) is 0 Å². The van der Waals surface area contributed by atoms with Crippen LogP contribution in [0, 0.1) is 0 Å². The van der Waals surface area contributed by atoms with Gasteiger partial charge in [-0.1, -0.05) is 48.2 Å². The number of unbranched alkanes of at least 4 members (excludes halogenated alkanes) is 2. The molecule has 1 unspecified atom stereocenters. The lowest BCUT2D eigenvalue weighted by atomic mass is 10.00. The second-order valence-corrected chi connectivity index (χ2v) is 5.02. The zero-order valence-corrected chi connectivity index (χ0v) is 12.1. The van der Waals surface area contributed by atoms with Gasteiger partial charge in [-0.25, -0.2) is 0 Å². The molecule has 0 spiro atoms. The van der Waals surface area contributed by atoms with Crippen molar-refractivity contribution in [3.8, 4) is 5.75 Å². The summed E-state index contributed by atoms with van der Waals surface area (Å²) in [7, 11) is 1.69. The fraction of sp³-hybridized carbons (Fsp3) is 0.538. The molecule has 3 nitrogen and oxygen atoms in total. The Balaban J connectivity index is 2.79. The van der Waals surface area contributed by atoms with Gasteiger partial charge in [-0.15, -0.1) is 0 Å². The van der Waals surface area contributed by atoms with Gasteiger partial charge in [-0.2, -0.15) is 0 Å². The summed E-state index contributed by atoms with van der Waals surface area (Å²) >= 11 is 3.44. The molecule has 1 aromatic carbocycles. The first kappa shape index (κ1) is 14.5. The molecule has 0 aromatic heterocycles. The maximum Gasteiger partial charge on any atom is 0.124 e. The van der Waals surface area contributed by atoms with E-state index in [1.54, 1.807) is 7.11 Å². The minimum atomic E-state index is 0.157. The molecule has 0 amide bonds. The summed E-state index contributed by atoms with van der Waals surface area (Å²) in [5.74, 6) is 6.51. The van der Waals surface area contributed by atoms with Crippen molar-refractivity contribution in [2.24, 2.45) is 5.84 Å². The maximum absolute atomic E-state index is 5.63. The molecule has 4 heteroatoms. The van der Waals surface area contributed by atoms with E-state index in [-0.39, 0.29) is 6.04 Å². The molecule has 17 heavy (non-hydrogen) atoms. The summed E-state index contributed by atoms with van der Waals surface area (Å²) in [6.45, 7) is 2.20. The Labute approximate surface area is 112 Å². The largest absolute Gasteiger partial charge is 0.496 e. The molecule has 0 heterocycles. The quantitative estimate of drug-likeness (QED) is 0.460. The van der Waals surface area contributed by atoms with E-state index < -0.39 is 0 Å². The fourth-order valence-corrected chi connectivity index (χ4v) is 2.24. The van der Waals surface area contributed by atoms with Crippen molar-refractivity contribution in [3.05, 3.63) is 28.2 Å². The number of hydrogen-bond donors (Lipinski definition) is 2. The average Bonchev–Trinajstić information content (AvgIpc) is 2.35. The van der Waals surface area contributed by atoms with Crippen molar-refractivity contribution in [2.75, 3.05) is 7.11 Å². The minimum Gasteiger partial charge on any atom is -0.496 e. The Morgan fingerprint density at radius 1 is 1.41 bits per heavy atom. The van der Waals surface area contributed by atoms with Gasteiger partial charge in [0.05, 0.1) is 7.11 Å². The van der Waals surface area contributed by atoms with E-state index in [0.717, 1.165) is 22.2 Å². The molecule has 1 rings (SSSR count). The highest BCUT2D eigenvalue weighted by Crippen LogP contribution is 2.30. The normalized spacial score (nSPS) is 12.5. The summed E-state index contributed by atoms with van der Waals surface area (Å²) in [5.41, 5.74) is 4.00. The van der Waals surface area contributed by atoms with Crippen LogP contribution in [-0.2, 0) is 0 Å². The van der Waals surface area contributed by atoms with Crippen LogP contribution in [0.1, 0.15) is 44.2 Å². The Kier molecular flexibility index (Phi) is 6.55. The number of nitrogens with one attached hydrogen (secondary N) is 1. The van der Waals surface area contributed by atoms with Crippen LogP contribution in [0.2, 0.25) is 0 Å². The molecule has 3 N–H and O–H groups in total. The first-order chi connectivity index (χ1) is 8.22. The number of hydrazine groups is 1. The lowest BCUT2D eigenvalue weighted by molar-refractivity contribution is 0.393. The smallest absolute Gasteiger partial charge is 0.124 e. The lowest BCUT2D eigenvalue weighted by Gasteiger charge is -2.19. The van der Waals surface area contributed by atoms with E-state index in [2.05, 4.69) is 34.3 Å². The number of hydrogen-bond acceptors (Lipinski definition) is 3. The number of benzene rings is 1. The summed E-state index contributed by atoms with van der Waals surface area (Å²) in [4.78, 5) is 0. The van der Waals surface area contributed by atoms with E-state index in [9.17, 15) is 0 Å². The first-order valence-electron chi connectivity index (χ1n) is 6.02. The molecule has 0 aliphatic heterocycles. The van der Waals surface area contributed by atoms with E-state index in [4.69, 9.17) is 10.6 Å². The Morgan fingerprint density at radius 3 is 2.76 bits per heavy atom. The average molecular weight is 301 g/mol. The lowest BCUT2D eigenvalue weighted by Crippen LogP contribution is -2.28. The van der Waals surface area contributed by atoms with Crippen LogP contribution in [0.15, 0.2) is 22.7 Å².